The van der Waals surface area contributed by atoms with Crippen LogP contribution in [-0.2, 0) is 0 Å². The maximum Gasteiger partial charge on any atom is 0.0221 e. The molecule has 74 valence electrons. The third-order valence-electron chi connectivity index (χ3n) is 3.02. The van der Waals surface area contributed by atoms with Gasteiger partial charge in [0.1, 0.15) is 0 Å². The first-order valence-corrected chi connectivity index (χ1v) is 4.30. The monoisotopic (exact) mass is 212 g/mol. The zero-order valence-electron chi connectivity index (χ0n) is 7.45. The molecule has 2 nitrogen and oxygen atoms in total. The molecule has 2 bridgehead atoms. The van der Waals surface area contributed by atoms with Gasteiger partial charge in [0.25, 0.3) is 0 Å². The van der Waals surface area contributed by atoms with Crippen LogP contribution in [0.2, 0.25) is 0 Å². The van der Waals surface area contributed by atoms with Gasteiger partial charge in [-0.3, -0.25) is 4.90 Å². The maximum absolute atomic E-state index is 3.47. The molecule has 0 aromatic heterocycles. The van der Waals surface area contributed by atoms with Gasteiger partial charge in [0, 0.05) is 18.6 Å². The number of hydrogen-bond acceptors (Lipinski definition) is 2. The SMILES string of the molecule is CN1C2CCNCC1CC2.Cl.Cl. The average Bonchev–Trinajstić information content (AvgIpc) is 2.06. The summed E-state index contributed by atoms with van der Waals surface area (Å²) in [5.74, 6) is 0. The van der Waals surface area contributed by atoms with Crippen LogP contribution in [0.5, 0.6) is 0 Å². The molecule has 1 N–H and O–H groups in total. The van der Waals surface area contributed by atoms with Crippen LogP contribution in [-0.4, -0.2) is 37.1 Å². The molecule has 2 atom stereocenters. The quantitative estimate of drug-likeness (QED) is 0.652. The van der Waals surface area contributed by atoms with Crippen molar-refractivity contribution in [3.8, 4) is 0 Å². The molecule has 2 aliphatic heterocycles. The molecular formula is C8H18Cl2N2. The van der Waals surface area contributed by atoms with Gasteiger partial charge in [-0.25, -0.2) is 0 Å². The van der Waals surface area contributed by atoms with Crippen molar-refractivity contribution < 1.29 is 0 Å². The van der Waals surface area contributed by atoms with Gasteiger partial charge in [-0.15, -0.1) is 24.8 Å². The molecule has 2 fully saturated rings. The molecule has 0 radical (unpaired) electrons. The van der Waals surface area contributed by atoms with Gasteiger partial charge in [0.05, 0.1) is 0 Å². The molecule has 0 aliphatic carbocycles. The lowest BCUT2D eigenvalue weighted by atomic mass is 10.1. The highest BCUT2D eigenvalue weighted by atomic mass is 35.5. The lowest BCUT2D eigenvalue weighted by Gasteiger charge is -2.21. The molecule has 2 saturated heterocycles. The van der Waals surface area contributed by atoms with Crippen molar-refractivity contribution in [2.24, 2.45) is 0 Å². The van der Waals surface area contributed by atoms with Crippen LogP contribution in [0.15, 0.2) is 0 Å². The number of likely N-dealkylation sites (N-methyl/N-ethyl adjacent to an activating group) is 1. The van der Waals surface area contributed by atoms with Crippen LogP contribution in [0.1, 0.15) is 19.3 Å². The fraction of sp³-hybridized carbons (Fsp3) is 1.00. The van der Waals surface area contributed by atoms with Crippen molar-refractivity contribution >= 4 is 24.8 Å². The highest BCUT2D eigenvalue weighted by molar-refractivity contribution is 5.85. The molecule has 0 aromatic carbocycles. The summed E-state index contributed by atoms with van der Waals surface area (Å²) in [6, 6.07) is 1.73. The predicted octanol–water partition coefficient (Wildman–Crippen LogP) is 1.29. The normalized spacial score (nSPS) is 34.8. The molecule has 0 aromatic rings. The molecule has 0 spiro atoms. The number of nitrogens with zero attached hydrogens (tertiary/aromatic N) is 1. The predicted molar refractivity (Wildman–Crippen MR) is 56.6 cm³/mol. The molecule has 2 aliphatic rings. The fourth-order valence-corrected chi connectivity index (χ4v) is 2.22. The van der Waals surface area contributed by atoms with E-state index in [1.807, 2.05) is 0 Å². The van der Waals surface area contributed by atoms with E-state index < -0.39 is 0 Å². The topological polar surface area (TPSA) is 15.3 Å². The number of halogens is 2. The fourth-order valence-electron chi connectivity index (χ4n) is 2.22. The van der Waals surface area contributed by atoms with Crippen LogP contribution < -0.4 is 5.32 Å². The van der Waals surface area contributed by atoms with E-state index in [1.54, 1.807) is 0 Å². The van der Waals surface area contributed by atoms with Crippen LogP contribution >= 0.6 is 24.8 Å². The number of nitrogens with one attached hydrogen (secondary N) is 1. The van der Waals surface area contributed by atoms with Crippen LogP contribution in [0.3, 0.4) is 0 Å². The molecule has 2 heterocycles. The smallest absolute Gasteiger partial charge is 0.0221 e. The lowest BCUT2D eigenvalue weighted by molar-refractivity contribution is 0.253. The van der Waals surface area contributed by atoms with Crippen molar-refractivity contribution in [3.63, 3.8) is 0 Å². The van der Waals surface area contributed by atoms with E-state index >= 15 is 0 Å². The van der Waals surface area contributed by atoms with Gasteiger partial charge in [0.2, 0.25) is 0 Å². The van der Waals surface area contributed by atoms with Crippen LogP contribution in [0, 0.1) is 0 Å². The Morgan fingerprint density at radius 1 is 1.08 bits per heavy atom. The van der Waals surface area contributed by atoms with Crippen molar-refractivity contribution in [1.82, 2.24) is 10.2 Å². The molecule has 4 heteroatoms. The van der Waals surface area contributed by atoms with Gasteiger partial charge in [0.15, 0.2) is 0 Å². The van der Waals surface area contributed by atoms with E-state index in [0.717, 1.165) is 12.1 Å². The van der Waals surface area contributed by atoms with Gasteiger partial charge in [-0.2, -0.15) is 0 Å². The van der Waals surface area contributed by atoms with Gasteiger partial charge >= 0.3 is 0 Å². The first-order chi connectivity index (χ1) is 4.88. The Kier molecular flexibility index (Phi) is 5.50. The minimum Gasteiger partial charge on any atom is -0.315 e. The molecular weight excluding hydrogens is 195 g/mol. The Bertz CT molecular complexity index is 118. The summed E-state index contributed by atoms with van der Waals surface area (Å²) in [4.78, 5) is 2.56. The summed E-state index contributed by atoms with van der Waals surface area (Å²) in [6.07, 6.45) is 4.20. The second kappa shape index (κ2) is 5.28. The Hall–Kier alpha value is 0.500. The Labute approximate surface area is 86.9 Å². The maximum atomic E-state index is 3.47. The summed E-state index contributed by atoms with van der Waals surface area (Å²) in [5, 5.41) is 3.47. The van der Waals surface area contributed by atoms with Crippen molar-refractivity contribution in [1.29, 1.82) is 0 Å². The van der Waals surface area contributed by atoms with Gasteiger partial charge in [-0.05, 0) is 32.9 Å². The summed E-state index contributed by atoms with van der Waals surface area (Å²) in [6.45, 7) is 2.44. The highest BCUT2D eigenvalue weighted by Gasteiger charge is 2.31. The second-order valence-electron chi connectivity index (χ2n) is 3.54. The molecule has 12 heavy (non-hydrogen) atoms. The number of rotatable bonds is 0. The average molecular weight is 213 g/mol. The zero-order chi connectivity index (χ0) is 6.97. The van der Waals surface area contributed by atoms with E-state index in [1.165, 1.54) is 32.4 Å². The van der Waals surface area contributed by atoms with E-state index in [2.05, 4.69) is 17.3 Å². The highest BCUT2D eigenvalue weighted by Crippen LogP contribution is 2.25. The number of hydrogen-bond donors (Lipinski definition) is 1. The van der Waals surface area contributed by atoms with Gasteiger partial charge < -0.3 is 5.32 Å². The van der Waals surface area contributed by atoms with Crippen molar-refractivity contribution in [2.75, 3.05) is 20.1 Å². The Morgan fingerprint density at radius 3 is 2.50 bits per heavy atom. The summed E-state index contributed by atoms with van der Waals surface area (Å²) >= 11 is 0. The van der Waals surface area contributed by atoms with E-state index in [-0.39, 0.29) is 24.8 Å². The minimum atomic E-state index is 0. The molecule has 0 amide bonds. The van der Waals surface area contributed by atoms with E-state index in [9.17, 15) is 0 Å². The number of fused-ring (bicyclic) bond motifs is 2. The van der Waals surface area contributed by atoms with Crippen LogP contribution in [0.4, 0.5) is 0 Å². The summed E-state index contributed by atoms with van der Waals surface area (Å²) < 4.78 is 0. The largest absolute Gasteiger partial charge is 0.315 e. The lowest BCUT2D eigenvalue weighted by Crippen LogP contribution is -2.34. The van der Waals surface area contributed by atoms with E-state index in [4.69, 9.17) is 0 Å². The van der Waals surface area contributed by atoms with Gasteiger partial charge in [-0.1, -0.05) is 0 Å². The first kappa shape index (κ1) is 12.5. The zero-order valence-corrected chi connectivity index (χ0v) is 9.09. The standard InChI is InChI=1S/C8H16N2.2ClH/c1-10-7-2-3-8(10)6-9-5-4-7;;/h7-9H,2-6H2,1H3;2*1H. The molecule has 2 rings (SSSR count). The van der Waals surface area contributed by atoms with E-state index in [0.29, 0.717) is 0 Å². The van der Waals surface area contributed by atoms with Crippen molar-refractivity contribution in [2.45, 2.75) is 31.3 Å². The Balaban J connectivity index is 0.000000605. The van der Waals surface area contributed by atoms with Crippen molar-refractivity contribution in [3.05, 3.63) is 0 Å². The molecule has 0 saturated carbocycles. The first-order valence-electron chi connectivity index (χ1n) is 4.30. The summed E-state index contributed by atoms with van der Waals surface area (Å²) in [7, 11) is 2.27. The minimum absolute atomic E-state index is 0. The second-order valence-corrected chi connectivity index (χ2v) is 3.54. The molecule has 2 unspecified atom stereocenters. The Morgan fingerprint density at radius 2 is 1.75 bits per heavy atom. The third kappa shape index (κ3) is 2.25. The third-order valence-corrected chi connectivity index (χ3v) is 3.02. The summed E-state index contributed by atoms with van der Waals surface area (Å²) in [5.41, 5.74) is 0. The van der Waals surface area contributed by atoms with Crippen LogP contribution in [0.25, 0.3) is 0 Å².